The lowest BCUT2D eigenvalue weighted by Gasteiger charge is -2.05. The third-order valence-electron chi connectivity index (χ3n) is 2.39. The molecule has 8 heteroatoms. The predicted octanol–water partition coefficient (Wildman–Crippen LogP) is 3.59. The third-order valence-corrected chi connectivity index (χ3v) is 3.61. The number of nitrogens with one attached hydrogen (secondary N) is 2. The van der Waals surface area contributed by atoms with Crippen LogP contribution in [0.2, 0.25) is 5.02 Å². The zero-order valence-electron chi connectivity index (χ0n) is 11.4. The van der Waals surface area contributed by atoms with E-state index >= 15 is 0 Å². The Bertz CT molecular complexity index is 654. The van der Waals surface area contributed by atoms with Crippen molar-refractivity contribution in [2.75, 3.05) is 16.4 Å². The van der Waals surface area contributed by atoms with Gasteiger partial charge in [-0.25, -0.2) is 9.37 Å². The molecule has 21 heavy (non-hydrogen) atoms. The molecule has 2 rings (SSSR count). The van der Waals surface area contributed by atoms with Crippen molar-refractivity contribution in [1.82, 2.24) is 4.98 Å². The van der Waals surface area contributed by atoms with Gasteiger partial charge in [-0.05, 0) is 32.0 Å². The Morgan fingerprint density at radius 1 is 1.43 bits per heavy atom. The number of nitrogens with zero attached hydrogens (tertiary/aromatic N) is 1. The van der Waals surface area contributed by atoms with Gasteiger partial charge >= 0.3 is 0 Å². The summed E-state index contributed by atoms with van der Waals surface area (Å²) in [7, 11) is 0. The second-order valence-corrected chi connectivity index (χ2v) is 6.08. The fourth-order valence-electron chi connectivity index (χ4n) is 1.62. The van der Waals surface area contributed by atoms with E-state index in [1.54, 1.807) is 0 Å². The van der Waals surface area contributed by atoms with Crippen molar-refractivity contribution in [3.8, 4) is 0 Å². The molecule has 112 valence electrons. The number of hydrogen-bond acceptors (Lipinski definition) is 5. The van der Waals surface area contributed by atoms with E-state index in [1.807, 2.05) is 13.8 Å². The molecule has 0 bridgehead atoms. The van der Waals surface area contributed by atoms with Crippen LogP contribution in [-0.2, 0) is 0 Å². The first kappa shape index (κ1) is 15.5. The van der Waals surface area contributed by atoms with Crippen molar-refractivity contribution >= 4 is 45.5 Å². The monoisotopic (exact) mass is 328 g/mol. The molecule has 4 N–H and O–H groups in total. The minimum absolute atomic E-state index is 0.128. The number of rotatable bonds is 4. The van der Waals surface area contributed by atoms with Crippen molar-refractivity contribution in [3.05, 3.63) is 33.9 Å². The van der Waals surface area contributed by atoms with Crippen LogP contribution in [0.15, 0.2) is 18.2 Å². The Balaban J connectivity index is 2.18. The van der Waals surface area contributed by atoms with Crippen LogP contribution < -0.4 is 16.4 Å². The summed E-state index contributed by atoms with van der Waals surface area (Å²) < 4.78 is 13.2. The highest BCUT2D eigenvalue weighted by Gasteiger charge is 2.17. The van der Waals surface area contributed by atoms with Crippen LogP contribution in [-0.4, -0.2) is 16.9 Å². The van der Waals surface area contributed by atoms with Crippen LogP contribution in [0.3, 0.4) is 0 Å². The normalized spacial score (nSPS) is 10.7. The quantitative estimate of drug-likeness (QED) is 0.801. The Kier molecular flexibility index (Phi) is 4.64. The molecule has 2 aromatic rings. The standard InChI is InChI=1S/C13H14ClFN4OS/c1-6(2)17-13-19-11(16)10(21-13)12(20)18-9-4-7(14)3-8(15)5-9/h3-6H,16H2,1-2H3,(H,17,19)(H,18,20). The molecule has 0 aliphatic carbocycles. The Morgan fingerprint density at radius 3 is 2.76 bits per heavy atom. The minimum Gasteiger partial charge on any atom is -0.382 e. The molecule has 5 nitrogen and oxygen atoms in total. The highest BCUT2D eigenvalue weighted by molar-refractivity contribution is 7.18. The maximum atomic E-state index is 13.2. The predicted molar refractivity (Wildman–Crippen MR) is 84.6 cm³/mol. The molecule has 1 aromatic heterocycles. The van der Waals surface area contributed by atoms with Gasteiger partial charge in [-0.15, -0.1) is 0 Å². The molecular weight excluding hydrogens is 315 g/mol. The van der Waals surface area contributed by atoms with E-state index in [0.29, 0.717) is 5.13 Å². The van der Waals surface area contributed by atoms with Gasteiger partial charge in [-0.3, -0.25) is 4.79 Å². The number of hydrogen-bond donors (Lipinski definition) is 3. The minimum atomic E-state index is -0.530. The zero-order valence-corrected chi connectivity index (χ0v) is 13.0. The van der Waals surface area contributed by atoms with E-state index in [1.165, 1.54) is 12.1 Å². The first-order valence-corrected chi connectivity index (χ1v) is 7.35. The molecule has 0 aliphatic rings. The van der Waals surface area contributed by atoms with Crippen LogP contribution >= 0.6 is 22.9 Å². The van der Waals surface area contributed by atoms with Crippen LogP contribution in [0.5, 0.6) is 0 Å². The summed E-state index contributed by atoms with van der Waals surface area (Å²) in [6, 6.07) is 3.96. The summed E-state index contributed by atoms with van der Waals surface area (Å²) in [4.78, 5) is 16.5. The number of halogens is 2. The number of carbonyl (C=O) groups is 1. The van der Waals surface area contributed by atoms with Crippen molar-refractivity contribution in [1.29, 1.82) is 0 Å². The van der Waals surface area contributed by atoms with Gasteiger partial charge in [-0.2, -0.15) is 0 Å². The van der Waals surface area contributed by atoms with E-state index < -0.39 is 11.7 Å². The average molecular weight is 329 g/mol. The van der Waals surface area contributed by atoms with E-state index in [-0.39, 0.29) is 27.4 Å². The molecular formula is C13H14ClFN4OS. The summed E-state index contributed by atoms with van der Waals surface area (Å²) in [5, 5.41) is 6.37. The van der Waals surface area contributed by atoms with Crippen molar-refractivity contribution in [3.63, 3.8) is 0 Å². The first-order chi connectivity index (χ1) is 9.85. The zero-order chi connectivity index (χ0) is 15.6. The number of nitrogens with two attached hydrogens (primary N) is 1. The van der Waals surface area contributed by atoms with Gasteiger partial charge in [-0.1, -0.05) is 22.9 Å². The van der Waals surface area contributed by atoms with Crippen LogP contribution in [0.25, 0.3) is 0 Å². The number of aromatic nitrogens is 1. The summed E-state index contributed by atoms with van der Waals surface area (Å²) >= 11 is 6.87. The van der Waals surface area contributed by atoms with Crippen LogP contribution in [0.1, 0.15) is 23.5 Å². The largest absolute Gasteiger partial charge is 0.382 e. The van der Waals surface area contributed by atoms with Gasteiger partial charge in [0.2, 0.25) is 0 Å². The average Bonchev–Trinajstić information content (AvgIpc) is 2.67. The Labute approximate surface area is 130 Å². The van der Waals surface area contributed by atoms with E-state index in [2.05, 4.69) is 15.6 Å². The number of thiazole rings is 1. The molecule has 0 saturated heterocycles. The number of benzene rings is 1. The molecule has 0 fully saturated rings. The summed E-state index contributed by atoms with van der Waals surface area (Å²) in [5.41, 5.74) is 5.99. The van der Waals surface area contributed by atoms with Crippen LogP contribution in [0.4, 0.5) is 21.0 Å². The van der Waals surface area contributed by atoms with Crippen molar-refractivity contribution in [2.24, 2.45) is 0 Å². The molecule has 0 aliphatic heterocycles. The highest BCUT2D eigenvalue weighted by Crippen LogP contribution is 2.27. The summed E-state index contributed by atoms with van der Waals surface area (Å²) in [6.07, 6.45) is 0. The molecule has 1 heterocycles. The molecule has 0 saturated carbocycles. The smallest absolute Gasteiger partial charge is 0.269 e. The molecule has 1 aromatic carbocycles. The maximum absolute atomic E-state index is 13.2. The second kappa shape index (κ2) is 6.28. The molecule has 0 unspecified atom stereocenters. The van der Waals surface area contributed by atoms with Gasteiger partial charge in [0.15, 0.2) is 5.13 Å². The fourth-order valence-corrected chi connectivity index (χ4v) is 2.76. The molecule has 0 radical (unpaired) electrons. The maximum Gasteiger partial charge on any atom is 0.269 e. The van der Waals surface area contributed by atoms with E-state index in [0.717, 1.165) is 17.4 Å². The molecule has 1 amide bonds. The number of carbonyl (C=O) groups excluding carboxylic acids is 1. The lowest BCUT2D eigenvalue weighted by molar-refractivity contribution is 0.103. The van der Waals surface area contributed by atoms with Gasteiger partial charge in [0, 0.05) is 16.8 Å². The molecule has 0 atom stereocenters. The van der Waals surface area contributed by atoms with Gasteiger partial charge in [0.1, 0.15) is 16.5 Å². The lowest BCUT2D eigenvalue weighted by Crippen LogP contribution is -2.12. The summed E-state index contributed by atoms with van der Waals surface area (Å²) in [5.74, 6) is -0.858. The van der Waals surface area contributed by atoms with E-state index in [9.17, 15) is 9.18 Å². The SMILES string of the molecule is CC(C)Nc1nc(N)c(C(=O)Nc2cc(F)cc(Cl)c2)s1. The van der Waals surface area contributed by atoms with Gasteiger partial charge in [0.05, 0.1) is 0 Å². The number of anilines is 3. The highest BCUT2D eigenvalue weighted by atomic mass is 35.5. The second-order valence-electron chi connectivity index (χ2n) is 4.64. The van der Waals surface area contributed by atoms with E-state index in [4.69, 9.17) is 17.3 Å². The Hall–Kier alpha value is -1.86. The fraction of sp³-hybridized carbons (Fsp3) is 0.231. The third kappa shape index (κ3) is 4.05. The number of nitrogen functional groups attached to an aromatic ring is 1. The topological polar surface area (TPSA) is 80.0 Å². The van der Waals surface area contributed by atoms with Crippen molar-refractivity contribution in [2.45, 2.75) is 19.9 Å². The summed E-state index contributed by atoms with van der Waals surface area (Å²) in [6.45, 7) is 3.90. The van der Waals surface area contributed by atoms with Crippen LogP contribution in [0, 0.1) is 5.82 Å². The first-order valence-electron chi connectivity index (χ1n) is 6.15. The number of amides is 1. The van der Waals surface area contributed by atoms with Gasteiger partial charge in [0.25, 0.3) is 5.91 Å². The lowest BCUT2D eigenvalue weighted by atomic mass is 10.3. The molecule has 0 spiro atoms. The Morgan fingerprint density at radius 2 is 2.14 bits per heavy atom. The van der Waals surface area contributed by atoms with Crippen molar-refractivity contribution < 1.29 is 9.18 Å². The van der Waals surface area contributed by atoms with Gasteiger partial charge < -0.3 is 16.4 Å².